The maximum Gasteiger partial charge on any atom is 0.0945 e. The van der Waals surface area contributed by atoms with Gasteiger partial charge in [-0.15, -0.1) is 0 Å². The lowest BCUT2D eigenvalue weighted by atomic mass is 9.95. The van der Waals surface area contributed by atoms with E-state index in [1.165, 1.54) is 32.1 Å². The summed E-state index contributed by atoms with van der Waals surface area (Å²) in [5.41, 5.74) is 0.980. The van der Waals surface area contributed by atoms with E-state index >= 15 is 0 Å². The van der Waals surface area contributed by atoms with Crippen LogP contribution in [0.15, 0.2) is 24.3 Å². The molecule has 0 aliphatic rings. The first kappa shape index (κ1) is 20.5. The number of hydrogen-bond acceptors (Lipinski definition) is 2. The van der Waals surface area contributed by atoms with Gasteiger partial charge in [0, 0.05) is 11.1 Å². The van der Waals surface area contributed by atoms with Gasteiger partial charge in [0.05, 0.1) is 6.10 Å². The molecule has 0 aliphatic heterocycles. The van der Waals surface area contributed by atoms with Crippen LogP contribution in [0.25, 0.3) is 0 Å². The second kappa shape index (κ2) is 11.9. The molecule has 0 heterocycles. The van der Waals surface area contributed by atoms with Crippen LogP contribution in [0.2, 0.25) is 5.02 Å². The van der Waals surface area contributed by atoms with Gasteiger partial charge in [0.1, 0.15) is 0 Å². The van der Waals surface area contributed by atoms with Gasteiger partial charge in [0.25, 0.3) is 0 Å². The van der Waals surface area contributed by atoms with Gasteiger partial charge in [0.2, 0.25) is 0 Å². The van der Waals surface area contributed by atoms with Gasteiger partial charge >= 0.3 is 0 Å². The van der Waals surface area contributed by atoms with Crippen molar-refractivity contribution in [3.05, 3.63) is 34.9 Å². The Hall–Kier alpha value is -0.570. The van der Waals surface area contributed by atoms with E-state index in [0.717, 1.165) is 36.5 Å². The summed E-state index contributed by atoms with van der Waals surface area (Å²) >= 11 is 5.99. The van der Waals surface area contributed by atoms with E-state index in [1.54, 1.807) is 0 Å². The van der Waals surface area contributed by atoms with Gasteiger partial charge in [0.15, 0.2) is 0 Å². The monoisotopic (exact) mass is 339 g/mol. The zero-order valence-corrected chi connectivity index (χ0v) is 15.9. The number of hydrogen-bond donors (Lipinski definition) is 1. The maximum absolute atomic E-state index is 11.0. The molecule has 3 heteroatoms. The predicted octanol–water partition coefficient (Wildman–Crippen LogP) is 5.83. The molecule has 0 radical (unpaired) electrons. The SMILES string of the molecule is CCCCC(C(O)c1ccc(Cl)cc1)N(CCCC)CCCC. The fourth-order valence-corrected chi connectivity index (χ4v) is 3.13. The van der Waals surface area contributed by atoms with Crippen LogP contribution < -0.4 is 0 Å². The highest BCUT2D eigenvalue weighted by atomic mass is 35.5. The second-order valence-corrected chi connectivity index (χ2v) is 6.89. The molecule has 0 amide bonds. The number of halogens is 1. The van der Waals surface area contributed by atoms with Crippen molar-refractivity contribution in [1.82, 2.24) is 4.90 Å². The summed E-state index contributed by atoms with van der Waals surface area (Å²) < 4.78 is 0. The van der Waals surface area contributed by atoms with Crippen molar-refractivity contribution in [2.24, 2.45) is 0 Å². The third-order valence-electron chi connectivity index (χ3n) is 4.50. The molecular formula is C20H34ClNO. The van der Waals surface area contributed by atoms with Gasteiger partial charge in [-0.05, 0) is 50.0 Å². The largest absolute Gasteiger partial charge is 0.387 e. The Morgan fingerprint density at radius 1 is 0.913 bits per heavy atom. The minimum atomic E-state index is -0.437. The molecule has 132 valence electrons. The first-order chi connectivity index (χ1) is 11.1. The number of unbranched alkanes of at least 4 members (excludes halogenated alkanes) is 3. The molecule has 0 aliphatic carbocycles. The van der Waals surface area contributed by atoms with Crippen LogP contribution in [0, 0.1) is 0 Å². The topological polar surface area (TPSA) is 23.5 Å². The molecule has 1 rings (SSSR count). The first-order valence-corrected chi connectivity index (χ1v) is 9.69. The molecule has 1 aromatic carbocycles. The molecule has 23 heavy (non-hydrogen) atoms. The Labute approximate surface area is 147 Å². The zero-order valence-electron chi connectivity index (χ0n) is 15.1. The molecule has 0 bridgehead atoms. The third kappa shape index (κ3) is 7.24. The fourth-order valence-electron chi connectivity index (χ4n) is 3.00. The zero-order chi connectivity index (χ0) is 17.1. The van der Waals surface area contributed by atoms with Crippen molar-refractivity contribution in [3.8, 4) is 0 Å². The molecule has 0 saturated heterocycles. The van der Waals surface area contributed by atoms with Gasteiger partial charge in [-0.2, -0.15) is 0 Å². The van der Waals surface area contributed by atoms with E-state index in [4.69, 9.17) is 11.6 Å². The van der Waals surface area contributed by atoms with Gasteiger partial charge in [-0.3, -0.25) is 4.90 Å². The van der Waals surface area contributed by atoms with Crippen LogP contribution in [0.3, 0.4) is 0 Å². The molecular weight excluding hydrogens is 306 g/mol. The summed E-state index contributed by atoms with van der Waals surface area (Å²) in [7, 11) is 0. The number of rotatable bonds is 12. The van der Waals surface area contributed by atoms with Crippen LogP contribution in [0.4, 0.5) is 0 Å². The Bertz CT molecular complexity index is 399. The molecule has 1 N–H and O–H groups in total. The highest BCUT2D eigenvalue weighted by Gasteiger charge is 2.26. The molecule has 2 nitrogen and oxygen atoms in total. The van der Waals surface area contributed by atoms with E-state index in [2.05, 4.69) is 25.7 Å². The Kier molecular flexibility index (Phi) is 10.6. The third-order valence-corrected chi connectivity index (χ3v) is 4.75. The normalized spacial score (nSPS) is 14.2. The maximum atomic E-state index is 11.0. The Balaban J connectivity index is 2.89. The molecule has 0 spiro atoms. The van der Waals surface area contributed by atoms with Crippen LogP contribution in [-0.2, 0) is 0 Å². The van der Waals surface area contributed by atoms with Crippen molar-refractivity contribution in [2.75, 3.05) is 13.1 Å². The number of benzene rings is 1. The van der Waals surface area contributed by atoms with E-state index < -0.39 is 6.10 Å². The fraction of sp³-hybridized carbons (Fsp3) is 0.700. The van der Waals surface area contributed by atoms with Crippen molar-refractivity contribution < 1.29 is 5.11 Å². The summed E-state index contributed by atoms with van der Waals surface area (Å²) in [4.78, 5) is 2.52. The first-order valence-electron chi connectivity index (χ1n) is 9.31. The van der Waals surface area contributed by atoms with Crippen LogP contribution in [-0.4, -0.2) is 29.1 Å². The summed E-state index contributed by atoms with van der Waals surface area (Å²) in [6.07, 6.45) is 7.71. The molecule has 2 unspecified atom stereocenters. The van der Waals surface area contributed by atoms with Crippen molar-refractivity contribution >= 4 is 11.6 Å². The molecule has 0 saturated carbocycles. The van der Waals surface area contributed by atoms with Crippen LogP contribution in [0.5, 0.6) is 0 Å². The highest BCUT2D eigenvalue weighted by Crippen LogP contribution is 2.27. The van der Waals surface area contributed by atoms with Gasteiger partial charge in [-0.25, -0.2) is 0 Å². The van der Waals surface area contributed by atoms with E-state index in [-0.39, 0.29) is 6.04 Å². The number of aliphatic hydroxyl groups excluding tert-OH is 1. The molecule has 0 fully saturated rings. The Morgan fingerprint density at radius 2 is 1.43 bits per heavy atom. The predicted molar refractivity (Wildman–Crippen MR) is 101 cm³/mol. The molecule has 1 aromatic rings. The molecule has 2 atom stereocenters. The summed E-state index contributed by atoms with van der Waals surface area (Å²) in [6, 6.07) is 7.88. The lowest BCUT2D eigenvalue weighted by Gasteiger charge is -2.35. The van der Waals surface area contributed by atoms with Crippen molar-refractivity contribution in [2.45, 2.75) is 77.9 Å². The van der Waals surface area contributed by atoms with Gasteiger partial charge < -0.3 is 5.11 Å². The van der Waals surface area contributed by atoms with E-state index in [9.17, 15) is 5.11 Å². The molecule has 0 aromatic heterocycles. The average molecular weight is 340 g/mol. The standard InChI is InChI=1S/C20H34ClNO/c1-4-7-10-19(22(15-8-5-2)16-9-6-3)20(23)17-11-13-18(21)14-12-17/h11-14,19-20,23H,4-10,15-16H2,1-3H3. The minimum Gasteiger partial charge on any atom is -0.387 e. The summed E-state index contributed by atoms with van der Waals surface area (Å²) in [5, 5.41) is 11.7. The minimum absolute atomic E-state index is 0.203. The quantitative estimate of drug-likeness (QED) is 0.517. The van der Waals surface area contributed by atoms with Crippen molar-refractivity contribution in [1.29, 1.82) is 0 Å². The smallest absolute Gasteiger partial charge is 0.0945 e. The van der Waals surface area contributed by atoms with Crippen molar-refractivity contribution in [3.63, 3.8) is 0 Å². The number of aliphatic hydroxyl groups is 1. The number of nitrogens with zero attached hydrogens (tertiary/aromatic N) is 1. The second-order valence-electron chi connectivity index (χ2n) is 6.45. The lowest BCUT2D eigenvalue weighted by molar-refractivity contribution is 0.0399. The lowest BCUT2D eigenvalue weighted by Crippen LogP contribution is -2.41. The summed E-state index contributed by atoms with van der Waals surface area (Å²) in [6.45, 7) is 8.84. The van der Waals surface area contributed by atoms with E-state index in [1.807, 2.05) is 24.3 Å². The van der Waals surface area contributed by atoms with Crippen LogP contribution >= 0.6 is 11.6 Å². The highest BCUT2D eigenvalue weighted by molar-refractivity contribution is 6.30. The summed E-state index contributed by atoms with van der Waals surface area (Å²) in [5.74, 6) is 0. The Morgan fingerprint density at radius 3 is 1.91 bits per heavy atom. The van der Waals surface area contributed by atoms with Gasteiger partial charge in [-0.1, -0.05) is 70.2 Å². The van der Waals surface area contributed by atoms with Crippen LogP contribution in [0.1, 0.15) is 77.4 Å². The van der Waals surface area contributed by atoms with E-state index in [0.29, 0.717) is 0 Å². The average Bonchev–Trinajstić information content (AvgIpc) is 2.57.